The molecule has 0 aliphatic carbocycles. The van der Waals surface area contributed by atoms with Crippen molar-refractivity contribution in [2.75, 3.05) is 6.61 Å². The fourth-order valence-electron chi connectivity index (χ4n) is 0.519. The minimum atomic E-state index is -1.02. The Bertz CT molecular complexity index is 63.1. The van der Waals surface area contributed by atoms with Crippen LogP contribution in [0.4, 0.5) is 4.39 Å². The fourth-order valence-corrected chi connectivity index (χ4v) is 0.519. The standard InChI is InChI=1S/C5H8FO/c1-2-4-3-7-5(4)6/h4-5H,1-3H2. The van der Waals surface area contributed by atoms with Gasteiger partial charge in [-0.1, -0.05) is 6.92 Å². The Kier molecular flexibility index (Phi) is 1.28. The molecule has 2 heteroatoms. The molecule has 0 amide bonds. The predicted octanol–water partition coefficient (Wildman–Crippen LogP) is 1.15. The number of rotatable bonds is 1. The van der Waals surface area contributed by atoms with Crippen LogP contribution in [0.15, 0.2) is 0 Å². The highest BCUT2D eigenvalue weighted by Gasteiger charge is 2.29. The van der Waals surface area contributed by atoms with E-state index in [1.165, 1.54) is 0 Å². The Morgan fingerprint density at radius 3 is 2.57 bits per heavy atom. The van der Waals surface area contributed by atoms with Crippen molar-refractivity contribution in [2.24, 2.45) is 5.92 Å². The molecular formula is C5H8FO. The Balaban J connectivity index is 2.16. The van der Waals surface area contributed by atoms with Crippen LogP contribution in [0.3, 0.4) is 0 Å². The minimum Gasteiger partial charge on any atom is -0.347 e. The fraction of sp³-hybridized carbons (Fsp3) is 0.800. The second-order valence-corrected chi connectivity index (χ2v) is 1.73. The van der Waals surface area contributed by atoms with Crippen molar-refractivity contribution in [2.45, 2.75) is 12.8 Å². The summed E-state index contributed by atoms with van der Waals surface area (Å²) in [6.45, 7) is 4.10. The van der Waals surface area contributed by atoms with Gasteiger partial charge in [-0.05, 0) is 6.42 Å². The zero-order valence-corrected chi connectivity index (χ0v) is 4.06. The lowest BCUT2D eigenvalue weighted by Gasteiger charge is -2.29. The topological polar surface area (TPSA) is 9.23 Å². The van der Waals surface area contributed by atoms with Crippen LogP contribution >= 0.6 is 0 Å². The molecule has 1 aliphatic rings. The summed E-state index contributed by atoms with van der Waals surface area (Å²) in [7, 11) is 0. The molecule has 1 fully saturated rings. The van der Waals surface area contributed by atoms with Gasteiger partial charge in [-0.25, -0.2) is 4.39 Å². The minimum absolute atomic E-state index is 0.0833. The van der Waals surface area contributed by atoms with Gasteiger partial charge >= 0.3 is 0 Å². The van der Waals surface area contributed by atoms with Gasteiger partial charge < -0.3 is 4.74 Å². The van der Waals surface area contributed by atoms with Gasteiger partial charge in [0.1, 0.15) is 0 Å². The van der Waals surface area contributed by atoms with Crippen molar-refractivity contribution in [1.29, 1.82) is 0 Å². The molecule has 1 radical (unpaired) electrons. The summed E-state index contributed by atoms with van der Waals surface area (Å²) in [5, 5.41) is 0. The van der Waals surface area contributed by atoms with E-state index in [0.29, 0.717) is 13.0 Å². The van der Waals surface area contributed by atoms with Crippen LogP contribution in [-0.4, -0.2) is 13.0 Å². The summed E-state index contributed by atoms with van der Waals surface area (Å²) in [5.41, 5.74) is 0. The van der Waals surface area contributed by atoms with Crippen molar-refractivity contribution < 1.29 is 9.13 Å². The Labute approximate surface area is 42.5 Å². The van der Waals surface area contributed by atoms with E-state index in [-0.39, 0.29) is 5.92 Å². The number of hydrogen-bond acceptors (Lipinski definition) is 1. The highest BCUT2D eigenvalue weighted by atomic mass is 19.1. The molecule has 2 atom stereocenters. The molecular weight excluding hydrogens is 95.1 g/mol. The first-order valence-electron chi connectivity index (χ1n) is 2.39. The van der Waals surface area contributed by atoms with Crippen LogP contribution < -0.4 is 0 Å². The lowest BCUT2D eigenvalue weighted by molar-refractivity contribution is -0.186. The van der Waals surface area contributed by atoms with Gasteiger partial charge in [0.05, 0.1) is 6.61 Å². The summed E-state index contributed by atoms with van der Waals surface area (Å²) in [5.74, 6) is 0.0833. The van der Waals surface area contributed by atoms with Gasteiger partial charge in [0, 0.05) is 5.92 Å². The maximum absolute atomic E-state index is 11.9. The normalized spacial score (nSPS) is 40.3. The first-order chi connectivity index (χ1) is 3.34. The Morgan fingerprint density at radius 2 is 2.57 bits per heavy atom. The molecule has 0 aromatic carbocycles. The van der Waals surface area contributed by atoms with Gasteiger partial charge in [0.25, 0.3) is 0 Å². The molecule has 41 valence electrons. The van der Waals surface area contributed by atoms with E-state index >= 15 is 0 Å². The highest BCUT2D eigenvalue weighted by molar-refractivity contribution is 4.70. The molecule has 1 rings (SSSR count). The van der Waals surface area contributed by atoms with Crippen molar-refractivity contribution in [1.82, 2.24) is 0 Å². The van der Waals surface area contributed by atoms with E-state index in [4.69, 9.17) is 0 Å². The molecule has 1 saturated heterocycles. The van der Waals surface area contributed by atoms with Gasteiger partial charge in [-0.15, -0.1) is 0 Å². The molecule has 1 heterocycles. The summed E-state index contributed by atoms with van der Waals surface area (Å²) in [6.07, 6.45) is -0.362. The van der Waals surface area contributed by atoms with Crippen LogP contribution in [0.2, 0.25) is 0 Å². The second kappa shape index (κ2) is 1.78. The molecule has 7 heavy (non-hydrogen) atoms. The third-order valence-corrected chi connectivity index (χ3v) is 1.21. The number of alkyl halides is 1. The van der Waals surface area contributed by atoms with Crippen LogP contribution in [-0.2, 0) is 4.74 Å². The maximum Gasteiger partial charge on any atom is 0.203 e. The molecule has 1 aliphatic heterocycles. The van der Waals surface area contributed by atoms with E-state index in [1.807, 2.05) is 0 Å². The highest BCUT2D eigenvalue weighted by Crippen LogP contribution is 2.23. The summed E-state index contributed by atoms with van der Waals surface area (Å²) in [4.78, 5) is 0. The van der Waals surface area contributed by atoms with Gasteiger partial charge in [0.2, 0.25) is 6.36 Å². The molecule has 0 bridgehead atoms. The third kappa shape index (κ3) is 0.752. The molecule has 0 aromatic rings. The van der Waals surface area contributed by atoms with Crippen molar-refractivity contribution in [3.8, 4) is 0 Å². The van der Waals surface area contributed by atoms with E-state index in [0.717, 1.165) is 0 Å². The summed E-state index contributed by atoms with van der Waals surface area (Å²) >= 11 is 0. The van der Waals surface area contributed by atoms with Gasteiger partial charge in [-0.3, -0.25) is 0 Å². The molecule has 0 saturated carbocycles. The number of hydrogen-bond donors (Lipinski definition) is 0. The molecule has 0 N–H and O–H groups in total. The van der Waals surface area contributed by atoms with E-state index in [2.05, 4.69) is 11.7 Å². The first-order valence-corrected chi connectivity index (χ1v) is 2.39. The lowest BCUT2D eigenvalue weighted by atomic mass is 10.0. The monoisotopic (exact) mass is 103 g/mol. The third-order valence-electron chi connectivity index (χ3n) is 1.21. The zero-order valence-electron chi connectivity index (χ0n) is 4.06. The Hall–Kier alpha value is -0.110. The predicted molar refractivity (Wildman–Crippen MR) is 24.3 cm³/mol. The summed E-state index contributed by atoms with van der Waals surface area (Å²) < 4.78 is 16.3. The van der Waals surface area contributed by atoms with Gasteiger partial charge in [-0.2, -0.15) is 0 Å². The molecule has 0 spiro atoms. The van der Waals surface area contributed by atoms with Crippen LogP contribution in [0.5, 0.6) is 0 Å². The molecule has 1 nitrogen and oxygen atoms in total. The van der Waals surface area contributed by atoms with Crippen molar-refractivity contribution >= 4 is 0 Å². The lowest BCUT2D eigenvalue weighted by Crippen LogP contribution is -2.35. The van der Waals surface area contributed by atoms with Gasteiger partial charge in [0.15, 0.2) is 0 Å². The smallest absolute Gasteiger partial charge is 0.203 e. The SMILES string of the molecule is [CH2]CC1COC1F. The zero-order chi connectivity index (χ0) is 5.28. The van der Waals surface area contributed by atoms with Crippen molar-refractivity contribution in [3.05, 3.63) is 6.92 Å². The van der Waals surface area contributed by atoms with E-state index in [9.17, 15) is 4.39 Å². The second-order valence-electron chi connectivity index (χ2n) is 1.73. The van der Waals surface area contributed by atoms with Crippen LogP contribution in [0.25, 0.3) is 0 Å². The maximum atomic E-state index is 11.9. The van der Waals surface area contributed by atoms with Crippen molar-refractivity contribution in [3.63, 3.8) is 0 Å². The number of ether oxygens (including phenoxy) is 1. The average Bonchev–Trinajstić information content (AvgIpc) is 1.65. The van der Waals surface area contributed by atoms with E-state index < -0.39 is 6.36 Å². The van der Waals surface area contributed by atoms with Crippen LogP contribution in [0, 0.1) is 12.8 Å². The molecule has 2 unspecified atom stereocenters. The molecule has 0 aromatic heterocycles. The summed E-state index contributed by atoms with van der Waals surface area (Å²) in [6, 6.07) is 0. The van der Waals surface area contributed by atoms with Crippen LogP contribution in [0.1, 0.15) is 6.42 Å². The van der Waals surface area contributed by atoms with E-state index in [1.54, 1.807) is 0 Å². The average molecular weight is 103 g/mol. The Morgan fingerprint density at radius 1 is 1.86 bits per heavy atom. The first kappa shape index (κ1) is 5.04. The largest absolute Gasteiger partial charge is 0.347 e. The quantitative estimate of drug-likeness (QED) is 0.483. The number of halogens is 1.